The molecular weight excluding hydrogens is 322 g/mol. The van der Waals surface area contributed by atoms with Crippen LogP contribution in [0.1, 0.15) is 30.9 Å². The van der Waals surface area contributed by atoms with Gasteiger partial charge in [0.1, 0.15) is 18.0 Å². The van der Waals surface area contributed by atoms with E-state index in [9.17, 15) is 4.79 Å². The Kier molecular flexibility index (Phi) is 5.46. The Morgan fingerprint density at radius 2 is 2.24 bits per heavy atom. The molecule has 0 bridgehead atoms. The van der Waals surface area contributed by atoms with E-state index in [0.717, 1.165) is 43.9 Å². The molecule has 0 aliphatic carbocycles. The van der Waals surface area contributed by atoms with E-state index in [4.69, 9.17) is 0 Å². The van der Waals surface area contributed by atoms with Crippen LogP contribution in [0.15, 0.2) is 16.1 Å². The molecule has 0 unspecified atom stereocenters. The average Bonchev–Trinajstić information content (AvgIpc) is 3.18. The number of rotatable bonds is 6. The van der Waals surface area contributed by atoms with Gasteiger partial charge in [0.25, 0.3) is 0 Å². The fourth-order valence-corrected chi connectivity index (χ4v) is 2.89. The Balaban J connectivity index is 1.44. The quantitative estimate of drug-likeness (QED) is 0.405. The van der Waals surface area contributed by atoms with Gasteiger partial charge in [-0.15, -0.1) is 0 Å². The van der Waals surface area contributed by atoms with Crippen LogP contribution < -0.4 is 16.3 Å². The zero-order chi connectivity index (χ0) is 17.6. The second-order valence-electron chi connectivity index (χ2n) is 6.04. The van der Waals surface area contributed by atoms with Crippen molar-refractivity contribution in [3.63, 3.8) is 0 Å². The number of aliphatic imine (C=N–C) groups is 1. The third kappa shape index (κ3) is 4.06. The van der Waals surface area contributed by atoms with Gasteiger partial charge in [-0.25, -0.2) is 14.5 Å². The lowest BCUT2D eigenvalue weighted by molar-refractivity contribution is 0.509. The molecule has 0 aromatic carbocycles. The summed E-state index contributed by atoms with van der Waals surface area (Å²) in [7, 11) is 3.57. The standard InChI is InChI=1S/C15H25N9O/c1-16-14(18-10-13-19-11-20-22(13)2)17-7-5-9-24-15(25)23-8-4-3-6-12(23)21-24/h11H,3-10H2,1-2H3,(H2,16,17,18). The van der Waals surface area contributed by atoms with E-state index in [-0.39, 0.29) is 5.69 Å². The van der Waals surface area contributed by atoms with Gasteiger partial charge in [0.2, 0.25) is 0 Å². The Labute approximate surface area is 146 Å². The van der Waals surface area contributed by atoms with Crippen molar-refractivity contribution >= 4 is 5.96 Å². The molecule has 0 fully saturated rings. The summed E-state index contributed by atoms with van der Waals surface area (Å²) >= 11 is 0. The molecule has 136 valence electrons. The first-order chi connectivity index (χ1) is 12.2. The van der Waals surface area contributed by atoms with Crippen LogP contribution in [-0.4, -0.2) is 48.7 Å². The number of aryl methyl sites for hydroxylation is 3. The molecule has 0 radical (unpaired) electrons. The van der Waals surface area contributed by atoms with Crippen molar-refractivity contribution in [2.24, 2.45) is 12.0 Å². The van der Waals surface area contributed by atoms with Crippen LogP contribution in [0.25, 0.3) is 0 Å². The monoisotopic (exact) mass is 347 g/mol. The zero-order valence-electron chi connectivity index (χ0n) is 14.8. The van der Waals surface area contributed by atoms with Crippen LogP contribution in [0.4, 0.5) is 0 Å². The second-order valence-corrected chi connectivity index (χ2v) is 6.04. The van der Waals surface area contributed by atoms with Crippen LogP contribution in [0, 0.1) is 0 Å². The van der Waals surface area contributed by atoms with Gasteiger partial charge < -0.3 is 10.6 Å². The number of aromatic nitrogens is 6. The molecule has 2 N–H and O–H groups in total. The fraction of sp³-hybridized carbons (Fsp3) is 0.667. The van der Waals surface area contributed by atoms with E-state index in [1.165, 1.54) is 6.33 Å². The number of nitrogens with zero attached hydrogens (tertiary/aromatic N) is 7. The highest BCUT2D eigenvalue weighted by atomic mass is 16.2. The number of fused-ring (bicyclic) bond motifs is 1. The molecule has 25 heavy (non-hydrogen) atoms. The van der Waals surface area contributed by atoms with Gasteiger partial charge in [-0.1, -0.05) is 0 Å². The molecule has 0 atom stereocenters. The molecule has 1 aliphatic heterocycles. The Bertz CT molecular complexity index is 785. The minimum Gasteiger partial charge on any atom is -0.356 e. The molecule has 1 aliphatic rings. The zero-order valence-corrected chi connectivity index (χ0v) is 14.8. The fourth-order valence-electron chi connectivity index (χ4n) is 2.89. The topological polar surface area (TPSA) is 107 Å². The predicted octanol–water partition coefficient (Wildman–Crippen LogP) is -0.735. The molecule has 0 saturated heterocycles. The Hall–Kier alpha value is -2.65. The first-order valence-electron chi connectivity index (χ1n) is 8.63. The van der Waals surface area contributed by atoms with E-state index in [2.05, 4.69) is 30.8 Å². The van der Waals surface area contributed by atoms with Crippen LogP contribution in [0.3, 0.4) is 0 Å². The first-order valence-corrected chi connectivity index (χ1v) is 8.63. The normalized spacial score (nSPS) is 14.4. The van der Waals surface area contributed by atoms with Gasteiger partial charge >= 0.3 is 5.69 Å². The van der Waals surface area contributed by atoms with Crippen molar-refractivity contribution in [1.82, 2.24) is 39.7 Å². The summed E-state index contributed by atoms with van der Waals surface area (Å²) in [5.74, 6) is 2.45. The maximum atomic E-state index is 12.3. The van der Waals surface area contributed by atoms with E-state index < -0.39 is 0 Å². The lowest BCUT2D eigenvalue weighted by Crippen LogP contribution is -2.38. The highest BCUT2D eigenvalue weighted by molar-refractivity contribution is 5.79. The lowest BCUT2D eigenvalue weighted by atomic mass is 10.2. The molecule has 3 rings (SSSR count). The summed E-state index contributed by atoms with van der Waals surface area (Å²) in [4.78, 5) is 20.6. The van der Waals surface area contributed by atoms with Gasteiger partial charge in [0.05, 0.1) is 6.54 Å². The van der Waals surface area contributed by atoms with E-state index in [0.29, 0.717) is 25.6 Å². The van der Waals surface area contributed by atoms with Crippen molar-refractivity contribution in [2.45, 2.75) is 45.3 Å². The van der Waals surface area contributed by atoms with Gasteiger partial charge in [-0.3, -0.25) is 14.2 Å². The summed E-state index contributed by atoms with van der Waals surface area (Å²) in [6.07, 6.45) is 5.40. The minimum absolute atomic E-state index is 0.0134. The smallest absolute Gasteiger partial charge is 0.345 e. The molecule has 3 heterocycles. The summed E-state index contributed by atoms with van der Waals surface area (Å²) in [5, 5.41) is 14.9. The predicted molar refractivity (Wildman–Crippen MR) is 93.2 cm³/mol. The van der Waals surface area contributed by atoms with Crippen LogP contribution in [-0.2, 0) is 33.1 Å². The van der Waals surface area contributed by atoms with Gasteiger partial charge in [0.15, 0.2) is 5.96 Å². The molecule has 2 aromatic rings. The molecule has 0 spiro atoms. The van der Waals surface area contributed by atoms with E-state index >= 15 is 0 Å². The second kappa shape index (κ2) is 7.95. The molecule has 10 heteroatoms. The maximum absolute atomic E-state index is 12.3. The van der Waals surface area contributed by atoms with Crippen molar-refractivity contribution in [1.29, 1.82) is 0 Å². The summed E-state index contributed by atoms with van der Waals surface area (Å²) in [6, 6.07) is 0. The molecule has 2 aromatic heterocycles. The van der Waals surface area contributed by atoms with Gasteiger partial charge in [-0.05, 0) is 19.3 Å². The highest BCUT2D eigenvalue weighted by Crippen LogP contribution is 2.09. The SMILES string of the molecule is CN=C(NCCCn1nc2n(c1=O)CCCC2)NCc1ncnn1C. The number of nitrogens with one attached hydrogen (secondary N) is 2. The number of hydrogen-bond acceptors (Lipinski definition) is 5. The molecule has 0 saturated carbocycles. The Morgan fingerprint density at radius 3 is 2.96 bits per heavy atom. The summed E-state index contributed by atoms with van der Waals surface area (Å²) in [5.41, 5.74) is 0.0134. The van der Waals surface area contributed by atoms with E-state index in [1.54, 1.807) is 21.0 Å². The van der Waals surface area contributed by atoms with Crippen molar-refractivity contribution in [3.8, 4) is 0 Å². The largest absolute Gasteiger partial charge is 0.356 e. The lowest BCUT2D eigenvalue weighted by Gasteiger charge is -2.11. The van der Waals surface area contributed by atoms with Crippen molar-refractivity contribution in [3.05, 3.63) is 28.5 Å². The van der Waals surface area contributed by atoms with Gasteiger partial charge in [0, 0.05) is 40.2 Å². The van der Waals surface area contributed by atoms with Gasteiger partial charge in [-0.2, -0.15) is 10.2 Å². The summed E-state index contributed by atoms with van der Waals surface area (Å²) < 4.78 is 5.10. The summed E-state index contributed by atoms with van der Waals surface area (Å²) in [6.45, 7) is 2.65. The Morgan fingerprint density at radius 1 is 1.36 bits per heavy atom. The highest BCUT2D eigenvalue weighted by Gasteiger charge is 2.16. The van der Waals surface area contributed by atoms with Crippen molar-refractivity contribution < 1.29 is 0 Å². The molecule has 10 nitrogen and oxygen atoms in total. The first kappa shape index (κ1) is 17.2. The van der Waals surface area contributed by atoms with Crippen LogP contribution in [0.2, 0.25) is 0 Å². The minimum atomic E-state index is 0.0134. The number of guanidine groups is 1. The van der Waals surface area contributed by atoms with E-state index in [1.807, 2.05) is 7.05 Å². The number of hydrogen-bond donors (Lipinski definition) is 2. The molecular formula is C15H25N9O. The molecule has 0 amide bonds. The van der Waals surface area contributed by atoms with Crippen LogP contribution >= 0.6 is 0 Å². The maximum Gasteiger partial charge on any atom is 0.345 e. The average molecular weight is 347 g/mol. The third-order valence-corrected chi connectivity index (χ3v) is 4.31. The van der Waals surface area contributed by atoms with Crippen molar-refractivity contribution in [2.75, 3.05) is 13.6 Å². The van der Waals surface area contributed by atoms with Crippen LogP contribution in [0.5, 0.6) is 0 Å². The third-order valence-electron chi connectivity index (χ3n) is 4.31.